The average Bonchev–Trinajstić information content (AvgIpc) is 2.73. The fraction of sp³-hybridized carbons (Fsp3) is 0.381. The van der Waals surface area contributed by atoms with Crippen LogP contribution in [0.1, 0.15) is 17.3 Å². The molecule has 0 bridgehead atoms. The normalized spacial score (nSPS) is 16.7. The van der Waals surface area contributed by atoms with Crippen molar-refractivity contribution in [1.29, 1.82) is 0 Å². The van der Waals surface area contributed by atoms with Crippen molar-refractivity contribution in [1.82, 2.24) is 4.90 Å². The van der Waals surface area contributed by atoms with Crippen LogP contribution in [0, 0.1) is 0 Å². The van der Waals surface area contributed by atoms with Crippen LogP contribution in [0.25, 0.3) is 0 Å². The van der Waals surface area contributed by atoms with E-state index in [4.69, 9.17) is 21.1 Å². The van der Waals surface area contributed by atoms with Gasteiger partial charge in [0.2, 0.25) is 0 Å². The Morgan fingerprint density at radius 3 is 2.68 bits per heavy atom. The first-order valence-electron chi connectivity index (χ1n) is 9.62. The third kappa shape index (κ3) is 3.88. The summed E-state index contributed by atoms with van der Waals surface area (Å²) in [6.45, 7) is 7.98. The number of likely N-dealkylation sites (N-methyl/N-ethyl adjacent to an activating group) is 1. The number of benzene rings is 2. The van der Waals surface area contributed by atoms with E-state index in [9.17, 15) is 4.79 Å². The molecule has 1 saturated heterocycles. The molecule has 6 nitrogen and oxygen atoms in total. The molecule has 0 atom stereocenters. The number of hydrogen-bond donors (Lipinski definition) is 1. The molecule has 2 aromatic rings. The van der Waals surface area contributed by atoms with Crippen molar-refractivity contribution in [2.75, 3.05) is 56.2 Å². The summed E-state index contributed by atoms with van der Waals surface area (Å²) in [4.78, 5) is 17.7. The summed E-state index contributed by atoms with van der Waals surface area (Å²) in [5.41, 5.74) is 2.14. The maximum atomic E-state index is 13.0. The number of nitrogens with zero attached hydrogens (tertiary/aromatic N) is 2. The van der Waals surface area contributed by atoms with Crippen LogP contribution in [0.2, 0.25) is 5.02 Å². The van der Waals surface area contributed by atoms with Gasteiger partial charge in [0.05, 0.1) is 16.9 Å². The standard InChI is InChI=1S/C21H24ClN3O3/c1-2-24-8-10-25(11-9-24)18-7-6-15(22)14-17(18)23-21(26)16-4-3-5-19-20(16)28-13-12-27-19/h3-7,14H,2,8-13H2,1H3,(H,23,26). The molecule has 2 aliphatic heterocycles. The monoisotopic (exact) mass is 401 g/mol. The third-order valence-electron chi connectivity index (χ3n) is 5.18. The van der Waals surface area contributed by atoms with Gasteiger partial charge in [-0.2, -0.15) is 0 Å². The Bertz CT molecular complexity index is 866. The second-order valence-corrected chi connectivity index (χ2v) is 7.30. The zero-order valence-electron chi connectivity index (χ0n) is 15.9. The second kappa shape index (κ2) is 8.29. The number of halogens is 1. The van der Waals surface area contributed by atoms with Crippen LogP contribution in [0.4, 0.5) is 11.4 Å². The van der Waals surface area contributed by atoms with Gasteiger partial charge in [-0.3, -0.25) is 4.79 Å². The summed E-state index contributed by atoms with van der Waals surface area (Å²) in [6.07, 6.45) is 0. The molecule has 1 N–H and O–H groups in total. The molecule has 0 unspecified atom stereocenters. The molecule has 0 spiro atoms. The molecular formula is C21H24ClN3O3. The summed E-state index contributed by atoms with van der Waals surface area (Å²) in [7, 11) is 0. The highest BCUT2D eigenvalue weighted by Crippen LogP contribution is 2.35. The number of hydrogen-bond acceptors (Lipinski definition) is 5. The van der Waals surface area contributed by atoms with Crippen LogP contribution in [-0.2, 0) is 0 Å². The summed E-state index contributed by atoms with van der Waals surface area (Å²) in [5, 5.41) is 3.61. The first-order chi connectivity index (χ1) is 13.7. The van der Waals surface area contributed by atoms with Gasteiger partial charge in [0.1, 0.15) is 13.2 Å². The molecule has 2 aliphatic rings. The van der Waals surface area contributed by atoms with Crippen molar-refractivity contribution < 1.29 is 14.3 Å². The number of amides is 1. The van der Waals surface area contributed by atoms with Crippen molar-refractivity contribution in [2.24, 2.45) is 0 Å². The van der Waals surface area contributed by atoms with Gasteiger partial charge in [0, 0.05) is 31.2 Å². The molecule has 4 rings (SSSR count). The smallest absolute Gasteiger partial charge is 0.259 e. The lowest BCUT2D eigenvalue weighted by Crippen LogP contribution is -2.46. The molecule has 0 aliphatic carbocycles. The van der Waals surface area contributed by atoms with E-state index in [1.54, 1.807) is 18.2 Å². The van der Waals surface area contributed by atoms with Gasteiger partial charge in [0.25, 0.3) is 5.91 Å². The van der Waals surface area contributed by atoms with Crippen molar-refractivity contribution in [3.8, 4) is 11.5 Å². The van der Waals surface area contributed by atoms with Gasteiger partial charge in [0.15, 0.2) is 11.5 Å². The van der Waals surface area contributed by atoms with E-state index in [1.165, 1.54) is 0 Å². The SMILES string of the molecule is CCN1CCN(c2ccc(Cl)cc2NC(=O)c2cccc3c2OCCO3)CC1. The van der Waals surface area contributed by atoms with Crippen LogP contribution in [0.5, 0.6) is 11.5 Å². The second-order valence-electron chi connectivity index (χ2n) is 6.87. The van der Waals surface area contributed by atoms with Crippen molar-refractivity contribution >= 4 is 28.9 Å². The number of piperazine rings is 1. The van der Waals surface area contributed by atoms with Gasteiger partial charge in [-0.25, -0.2) is 0 Å². The molecule has 2 heterocycles. The Hall–Kier alpha value is -2.44. The fourth-order valence-electron chi connectivity index (χ4n) is 3.63. The molecular weight excluding hydrogens is 378 g/mol. The highest BCUT2D eigenvalue weighted by atomic mass is 35.5. The van der Waals surface area contributed by atoms with Gasteiger partial charge in [-0.1, -0.05) is 24.6 Å². The number of anilines is 2. The van der Waals surface area contributed by atoms with E-state index in [-0.39, 0.29) is 5.91 Å². The number of carbonyl (C=O) groups excluding carboxylic acids is 1. The number of rotatable bonds is 4. The van der Waals surface area contributed by atoms with E-state index in [1.807, 2.05) is 18.2 Å². The highest BCUT2D eigenvalue weighted by molar-refractivity contribution is 6.31. The lowest BCUT2D eigenvalue weighted by Gasteiger charge is -2.36. The van der Waals surface area contributed by atoms with Gasteiger partial charge >= 0.3 is 0 Å². The minimum atomic E-state index is -0.238. The predicted octanol–water partition coefficient (Wildman–Crippen LogP) is 3.51. The summed E-state index contributed by atoms with van der Waals surface area (Å²) in [6, 6.07) is 11.0. The van der Waals surface area contributed by atoms with Crippen molar-refractivity contribution in [2.45, 2.75) is 6.92 Å². The molecule has 28 heavy (non-hydrogen) atoms. The van der Waals surface area contributed by atoms with E-state index in [0.717, 1.165) is 38.4 Å². The van der Waals surface area contributed by atoms with E-state index in [0.29, 0.717) is 41.0 Å². The molecule has 0 saturated carbocycles. The molecule has 1 fully saturated rings. The van der Waals surface area contributed by atoms with Crippen LogP contribution >= 0.6 is 11.6 Å². The quantitative estimate of drug-likeness (QED) is 0.849. The number of nitrogens with one attached hydrogen (secondary N) is 1. The molecule has 148 valence electrons. The van der Waals surface area contributed by atoms with Crippen molar-refractivity contribution in [3.63, 3.8) is 0 Å². The van der Waals surface area contributed by atoms with E-state index >= 15 is 0 Å². The largest absolute Gasteiger partial charge is 0.486 e. The van der Waals surface area contributed by atoms with Crippen LogP contribution in [0.15, 0.2) is 36.4 Å². The maximum absolute atomic E-state index is 13.0. The minimum absolute atomic E-state index is 0.238. The Kier molecular flexibility index (Phi) is 5.59. The lowest BCUT2D eigenvalue weighted by atomic mass is 10.1. The number of ether oxygens (including phenoxy) is 2. The topological polar surface area (TPSA) is 54.0 Å². The third-order valence-corrected chi connectivity index (χ3v) is 5.41. The van der Waals surface area contributed by atoms with Gasteiger partial charge in [-0.15, -0.1) is 0 Å². The predicted molar refractivity (Wildman–Crippen MR) is 111 cm³/mol. The average molecular weight is 402 g/mol. The lowest BCUT2D eigenvalue weighted by molar-refractivity contribution is 0.101. The first-order valence-corrected chi connectivity index (χ1v) is 10.0. The Labute approximate surface area is 170 Å². The molecule has 1 amide bonds. The maximum Gasteiger partial charge on any atom is 0.259 e. The Morgan fingerprint density at radius 2 is 1.89 bits per heavy atom. The molecule has 2 aromatic carbocycles. The van der Waals surface area contributed by atoms with E-state index < -0.39 is 0 Å². The minimum Gasteiger partial charge on any atom is -0.486 e. The van der Waals surface area contributed by atoms with Crippen molar-refractivity contribution in [3.05, 3.63) is 47.0 Å². The Morgan fingerprint density at radius 1 is 1.11 bits per heavy atom. The summed E-state index contributed by atoms with van der Waals surface area (Å²) in [5.74, 6) is 0.852. The summed E-state index contributed by atoms with van der Waals surface area (Å²) < 4.78 is 11.3. The Balaban J connectivity index is 1.58. The summed E-state index contributed by atoms with van der Waals surface area (Å²) >= 11 is 6.22. The zero-order valence-corrected chi connectivity index (χ0v) is 16.7. The number of para-hydroxylation sites is 1. The molecule has 7 heteroatoms. The highest BCUT2D eigenvalue weighted by Gasteiger charge is 2.23. The van der Waals surface area contributed by atoms with E-state index in [2.05, 4.69) is 22.0 Å². The van der Waals surface area contributed by atoms with Crippen LogP contribution < -0.4 is 19.7 Å². The first kappa shape index (κ1) is 18.9. The molecule has 0 radical (unpaired) electrons. The van der Waals surface area contributed by atoms with Crippen LogP contribution in [0.3, 0.4) is 0 Å². The number of fused-ring (bicyclic) bond motifs is 1. The van der Waals surface area contributed by atoms with Gasteiger partial charge in [-0.05, 0) is 36.9 Å². The fourth-order valence-corrected chi connectivity index (χ4v) is 3.80. The van der Waals surface area contributed by atoms with Crippen LogP contribution in [-0.4, -0.2) is 56.7 Å². The zero-order chi connectivity index (χ0) is 19.5. The number of carbonyl (C=O) groups is 1. The van der Waals surface area contributed by atoms with Gasteiger partial charge < -0.3 is 24.6 Å². The molecule has 0 aromatic heterocycles.